The van der Waals surface area contributed by atoms with Crippen LogP contribution in [-0.2, 0) is 0 Å². The van der Waals surface area contributed by atoms with E-state index in [-0.39, 0.29) is 22.7 Å². The highest BCUT2D eigenvalue weighted by Gasteiger charge is 2.24. The summed E-state index contributed by atoms with van der Waals surface area (Å²) in [4.78, 5) is 13.9. The highest BCUT2D eigenvalue weighted by Crippen LogP contribution is 2.40. The van der Waals surface area contributed by atoms with Crippen molar-refractivity contribution >= 4 is 11.6 Å². The number of carbonyl (C=O) groups is 1. The first kappa shape index (κ1) is 17.5. The number of methoxy groups -OCH3 is 3. The summed E-state index contributed by atoms with van der Waals surface area (Å²) >= 11 is 0. The fraction of sp³-hybridized carbons (Fsp3) is 0.235. The number of rotatable bonds is 5. The van der Waals surface area contributed by atoms with Crippen molar-refractivity contribution in [3.63, 3.8) is 0 Å². The Bertz CT molecular complexity index is 764. The first-order chi connectivity index (χ1) is 11.4. The molecule has 7 heteroatoms. The van der Waals surface area contributed by atoms with Crippen LogP contribution in [-0.4, -0.2) is 34.3 Å². The van der Waals surface area contributed by atoms with E-state index in [2.05, 4.69) is 0 Å². The molecule has 0 radical (unpaired) electrons. The Hall–Kier alpha value is -2.83. The van der Waals surface area contributed by atoms with Gasteiger partial charge in [-0.3, -0.25) is 4.79 Å². The number of nitrogens with zero attached hydrogens (tertiary/aromatic N) is 1. The van der Waals surface area contributed by atoms with E-state index in [1.807, 2.05) is 0 Å². The van der Waals surface area contributed by atoms with Gasteiger partial charge < -0.3 is 19.1 Å². The maximum atomic E-state index is 13.4. The summed E-state index contributed by atoms with van der Waals surface area (Å²) in [6, 6.07) is 6.29. The average molecular weight is 337 g/mol. The predicted molar refractivity (Wildman–Crippen MR) is 85.2 cm³/mol. The topological polar surface area (TPSA) is 48.0 Å². The van der Waals surface area contributed by atoms with Crippen LogP contribution in [0.3, 0.4) is 0 Å². The summed E-state index contributed by atoms with van der Waals surface area (Å²) in [6.07, 6.45) is 0. The molecule has 0 bridgehead atoms. The summed E-state index contributed by atoms with van der Waals surface area (Å²) in [5.41, 5.74) is 0.401. The van der Waals surface area contributed by atoms with E-state index in [4.69, 9.17) is 14.2 Å². The second-order valence-electron chi connectivity index (χ2n) is 4.84. The molecule has 0 saturated carbocycles. The Kier molecular flexibility index (Phi) is 5.23. The van der Waals surface area contributed by atoms with Gasteiger partial charge in [-0.25, -0.2) is 8.78 Å². The van der Waals surface area contributed by atoms with Gasteiger partial charge >= 0.3 is 0 Å². The molecule has 2 rings (SSSR count). The Labute approximate surface area is 138 Å². The van der Waals surface area contributed by atoms with Crippen LogP contribution in [0.4, 0.5) is 14.5 Å². The lowest BCUT2D eigenvalue weighted by Gasteiger charge is -2.20. The molecule has 2 aromatic rings. The average Bonchev–Trinajstić information content (AvgIpc) is 2.61. The van der Waals surface area contributed by atoms with Gasteiger partial charge in [0.15, 0.2) is 23.1 Å². The summed E-state index contributed by atoms with van der Waals surface area (Å²) in [5, 5.41) is 0. The van der Waals surface area contributed by atoms with Gasteiger partial charge in [-0.05, 0) is 24.3 Å². The van der Waals surface area contributed by atoms with Gasteiger partial charge in [0.05, 0.1) is 26.9 Å². The van der Waals surface area contributed by atoms with Crippen molar-refractivity contribution in [3.05, 3.63) is 47.5 Å². The van der Waals surface area contributed by atoms with Gasteiger partial charge in [-0.2, -0.15) is 0 Å². The molecule has 0 spiro atoms. The van der Waals surface area contributed by atoms with Crippen LogP contribution in [0.15, 0.2) is 30.3 Å². The van der Waals surface area contributed by atoms with Crippen molar-refractivity contribution in [1.29, 1.82) is 0 Å². The van der Waals surface area contributed by atoms with Gasteiger partial charge in [0.2, 0.25) is 5.75 Å². The number of carbonyl (C=O) groups excluding carboxylic acids is 1. The molecule has 0 saturated heterocycles. The molecule has 0 aliphatic rings. The second kappa shape index (κ2) is 7.16. The van der Waals surface area contributed by atoms with E-state index in [1.165, 1.54) is 45.4 Å². The molecule has 0 aliphatic heterocycles. The fourth-order valence-corrected chi connectivity index (χ4v) is 2.26. The van der Waals surface area contributed by atoms with E-state index < -0.39 is 17.5 Å². The van der Waals surface area contributed by atoms with Crippen molar-refractivity contribution in [3.8, 4) is 17.2 Å². The smallest absolute Gasteiger partial charge is 0.261 e. The quantitative estimate of drug-likeness (QED) is 0.840. The SMILES string of the molecule is COc1ccc(C(=O)N(C)c2ccc(F)c(F)c2)c(OC)c1OC. The molecule has 0 fully saturated rings. The van der Waals surface area contributed by atoms with E-state index in [1.54, 1.807) is 6.07 Å². The highest BCUT2D eigenvalue weighted by atomic mass is 19.2. The van der Waals surface area contributed by atoms with Crippen molar-refractivity contribution < 1.29 is 27.8 Å². The number of amides is 1. The zero-order valence-electron chi connectivity index (χ0n) is 13.7. The number of anilines is 1. The standard InChI is InChI=1S/C17H17F2NO4/c1-20(10-5-7-12(18)13(19)9-10)17(21)11-6-8-14(22-2)16(24-4)15(11)23-3/h5-9H,1-4H3. The Morgan fingerprint density at radius 1 is 0.917 bits per heavy atom. The molecule has 24 heavy (non-hydrogen) atoms. The van der Waals surface area contributed by atoms with Crippen LogP contribution in [0, 0.1) is 11.6 Å². The molecule has 128 valence electrons. The van der Waals surface area contributed by atoms with E-state index >= 15 is 0 Å². The molecule has 0 heterocycles. The minimum absolute atomic E-state index is 0.191. The van der Waals surface area contributed by atoms with Gasteiger partial charge in [0, 0.05) is 18.8 Å². The molecular weight excluding hydrogens is 320 g/mol. The molecule has 1 amide bonds. The number of benzene rings is 2. The molecule has 5 nitrogen and oxygen atoms in total. The van der Waals surface area contributed by atoms with Crippen molar-refractivity contribution in [1.82, 2.24) is 0 Å². The molecular formula is C17H17F2NO4. The monoisotopic (exact) mass is 337 g/mol. The molecule has 0 aliphatic carbocycles. The lowest BCUT2D eigenvalue weighted by atomic mass is 10.1. The normalized spacial score (nSPS) is 10.2. The van der Waals surface area contributed by atoms with Crippen LogP contribution in [0.2, 0.25) is 0 Å². The predicted octanol–water partition coefficient (Wildman–Crippen LogP) is 3.27. The third-order valence-corrected chi connectivity index (χ3v) is 3.53. The maximum Gasteiger partial charge on any atom is 0.261 e. The van der Waals surface area contributed by atoms with Crippen LogP contribution in [0.1, 0.15) is 10.4 Å². The Balaban J connectivity index is 2.46. The molecule has 0 atom stereocenters. The van der Waals surface area contributed by atoms with E-state index in [0.717, 1.165) is 12.1 Å². The van der Waals surface area contributed by atoms with Gasteiger partial charge in [-0.1, -0.05) is 0 Å². The van der Waals surface area contributed by atoms with Crippen LogP contribution < -0.4 is 19.1 Å². The minimum Gasteiger partial charge on any atom is -0.493 e. The molecule has 2 aromatic carbocycles. The van der Waals surface area contributed by atoms with Crippen molar-refractivity contribution in [2.24, 2.45) is 0 Å². The summed E-state index contributed by atoms with van der Waals surface area (Å²) in [6.45, 7) is 0. The molecule has 0 N–H and O–H groups in total. The lowest BCUT2D eigenvalue weighted by molar-refractivity contribution is 0.0989. The Morgan fingerprint density at radius 2 is 1.58 bits per heavy atom. The maximum absolute atomic E-state index is 13.4. The fourth-order valence-electron chi connectivity index (χ4n) is 2.26. The summed E-state index contributed by atoms with van der Waals surface area (Å²) in [7, 11) is 5.73. The summed E-state index contributed by atoms with van der Waals surface area (Å²) < 4.78 is 42.1. The first-order valence-electron chi connectivity index (χ1n) is 6.96. The number of hydrogen-bond donors (Lipinski definition) is 0. The molecule has 0 unspecified atom stereocenters. The van der Waals surface area contributed by atoms with Gasteiger partial charge in [0.25, 0.3) is 5.91 Å². The number of halogens is 2. The zero-order valence-corrected chi connectivity index (χ0v) is 13.7. The van der Waals surface area contributed by atoms with Crippen LogP contribution in [0.25, 0.3) is 0 Å². The number of hydrogen-bond acceptors (Lipinski definition) is 4. The van der Waals surface area contributed by atoms with Gasteiger partial charge in [0.1, 0.15) is 0 Å². The Morgan fingerprint density at radius 3 is 2.12 bits per heavy atom. The van der Waals surface area contributed by atoms with Crippen molar-refractivity contribution in [2.45, 2.75) is 0 Å². The lowest BCUT2D eigenvalue weighted by Crippen LogP contribution is -2.27. The number of ether oxygens (including phenoxy) is 3. The first-order valence-corrected chi connectivity index (χ1v) is 6.96. The second-order valence-corrected chi connectivity index (χ2v) is 4.84. The van der Waals surface area contributed by atoms with E-state index in [9.17, 15) is 13.6 Å². The largest absolute Gasteiger partial charge is 0.493 e. The minimum atomic E-state index is -1.04. The van der Waals surface area contributed by atoms with Gasteiger partial charge in [-0.15, -0.1) is 0 Å². The zero-order chi connectivity index (χ0) is 17.9. The van der Waals surface area contributed by atoms with E-state index in [0.29, 0.717) is 5.75 Å². The van der Waals surface area contributed by atoms with Crippen LogP contribution in [0.5, 0.6) is 17.2 Å². The third-order valence-electron chi connectivity index (χ3n) is 3.53. The van der Waals surface area contributed by atoms with Crippen LogP contribution >= 0.6 is 0 Å². The van der Waals surface area contributed by atoms with Crippen molar-refractivity contribution in [2.75, 3.05) is 33.3 Å². The highest BCUT2D eigenvalue weighted by molar-refractivity contribution is 6.08. The third kappa shape index (κ3) is 3.10. The summed E-state index contributed by atoms with van der Waals surface area (Å²) in [5.74, 6) is -1.63. The molecule has 0 aromatic heterocycles.